The van der Waals surface area contributed by atoms with E-state index in [9.17, 15) is 13.2 Å². The number of methoxy groups -OCH3 is 1. The van der Waals surface area contributed by atoms with Crippen molar-refractivity contribution in [2.24, 2.45) is 0 Å². The highest BCUT2D eigenvalue weighted by atomic mass is 32.2. The molecule has 104 valence electrons. The van der Waals surface area contributed by atoms with Crippen LogP contribution in [-0.4, -0.2) is 44.2 Å². The average Bonchev–Trinajstić information content (AvgIpc) is 2.92. The van der Waals surface area contributed by atoms with E-state index in [1.54, 1.807) is 0 Å². The Morgan fingerprint density at radius 1 is 1.47 bits per heavy atom. The maximum Gasteiger partial charge on any atom is 0.335 e. The molecule has 2 rings (SSSR count). The van der Waals surface area contributed by atoms with Crippen molar-refractivity contribution in [1.82, 2.24) is 4.47 Å². The largest absolute Gasteiger partial charge is 0.495 e. The summed E-state index contributed by atoms with van der Waals surface area (Å²) in [4.78, 5) is 15.8. The van der Waals surface area contributed by atoms with E-state index in [0.717, 1.165) is 4.47 Å². The van der Waals surface area contributed by atoms with Crippen LogP contribution < -0.4 is 4.74 Å². The molecule has 0 atom stereocenters. The Bertz CT molecular complexity index is 591. The molecule has 1 fully saturated rings. The van der Waals surface area contributed by atoms with Crippen LogP contribution in [0.15, 0.2) is 23.1 Å². The second kappa shape index (κ2) is 5.16. The van der Waals surface area contributed by atoms with Crippen molar-refractivity contribution in [3.8, 4) is 5.75 Å². The molecule has 1 heterocycles. The Hall–Kier alpha value is -1.64. The summed E-state index contributed by atoms with van der Waals surface area (Å²) in [6.07, 6.45) is 0.620. The van der Waals surface area contributed by atoms with Gasteiger partial charge in [0, 0.05) is 6.54 Å². The Labute approximate surface area is 110 Å². The van der Waals surface area contributed by atoms with Crippen LogP contribution in [0, 0.1) is 0 Å². The summed E-state index contributed by atoms with van der Waals surface area (Å²) in [7, 11) is -2.55. The fourth-order valence-electron chi connectivity index (χ4n) is 1.74. The molecule has 8 heteroatoms. The number of sulfonamides is 1. The third kappa shape index (κ3) is 2.55. The van der Waals surface area contributed by atoms with Crippen molar-refractivity contribution in [3.63, 3.8) is 0 Å². The molecule has 0 aromatic heterocycles. The van der Waals surface area contributed by atoms with Crippen LogP contribution in [0.5, 0.6) is 5.75 Å². The summed E-state index contributed by atoms with van der Waals surface area (Å²) in [5.74, 6) is -1.17. The molecule has 0 unspecified atom stereocenters. The summed E-state index contributed by atoms with van der Waals surface area (Å²) in [5.41, 5.74) is -0.0434. The number of rotatable bonds is 4. The lowest BCUT2D eigenvalue weighted by Crippen LogP contribution is -2.27. The molecule has 1 aliphatic rings. The Balaban J connectivity index is 2.47. The number of carboxylic acid groups (broad SMARTS) is 1. The summed E-state index contributed by atoms with van der Waals surface area (Å²) in [5, 5.41) is 8.87. The molecule has 0 saturated carbocycles. The van der Waals surface area contributed by atoms with Crippen molar-refractivity contribution in [3.05, 3.63) is 23.8 Å². The zero-order valence-electron chi connectivity index (χ0n) is 10.2. The molecule has 1 aromatic carbocycles. The Morgan fingerprint density at radius 3 is 2.74 bits per heavy atom. The van der Waals surface area contributed by atoms with Crippen molar-refractivity contribution < 1.29 is 27.9 Å². The van der Waals surface area contributed by atoms with E-state index in [4.69, 9.17) is 14.7 Å². The van der Waals surface area contributed by atoms with Crippen molar-refractivity contribution in [1.29, 1.82) is 0 Å². The predicted molar refractivity (Wildman–Crippen MR) is 64.4 cm³/mol. The molecule has 1 aromatic rings. The maximum absolute atomic E-state index is 12.3. The third-order valence-corrected chi connectivity index (χ3v) is 4.39. The molecule has 0 aliphatic carbocycles. The van der Waals surface area contributed by atoms with Crippen LogP contribution >= 0.6 is 0 Å². The zero-order chi connectivity index (χ0) is 14.0. The first-order valence-electron chi connectivity index (χ1n) is 5.54. The third-order valence-electron chi connectivity index (χ3n) is 2.68. The summed E-state index contributed by atoms with van der Waals surface area (Å²) in [6, 6.07) is 3.60. The predicted octanol–water partition coefficient (Wildman–Crippen LogP) is 0.719. The topological polar surface area (TPSA) is 93.1 Å². The standard InChI is InChI=1S/C11H13NO6S/c1-17-9-7-8(11(13)14)3-4-10(9)19(15,16)12-5-2-6-18-12/h3-4,7H,2,5-6H2,1H3,(H,13,14). The number of carbonyl (C=O) groups is 1. The van der Waals surface area contributed by atoms with Crippen molar-refractivity contribution in [2.75, 3.05) is 20.3 Å². The maximum atomic E-state index is 12.3. The van der Waals surface area contributed by atoms with Gasteiger partial charge in [-0.1, -0.05) is 4.47 Å². The number of aromatic carboxylic acids is 1. The minimum Gasteiger partial charge on any atom is -0.495 e. The van der Waals surface area contributed by atoms with Crippen molar-refractivity contribution >= 4 is 16.0 Å². The van der Waals surface area contributed by atoms with Crippen molar-refractivity contribution in [2.45, 2.75) is 11.3 Å². The lowest BCUT2D eigenvalue weighted by molar-refractivity contribution is -0.0285. The van der Waals surface area contributed by atoms with Gasteiger partial charge in [0.25, 0.3) is 10.0 Å². The number of carboxylic acids is 1. The van der Waals surface area contributed by atoms with E-state index in [2.05, 4.69) is 0 Å². The highest BCUT2D eigenvalue weighted by molar-refractivity contribution is 7.89. The van der Waals surface area contributed by atoms with E-state index in [1.165, 1.54) is 25.3 Å². The minimum atomic E-state index is -3.83. The first-order chi connectivity index (χ1) is 8.96. The van der Waals surface area contributed by atoms with Gasteiger partial charge >= 0.3 is 5.97 Å². The van der Waals surface area contributed by atoms with Crippen LogP contribution in [0.2, 0.25) is 0 Å². The summed E-state index contributed by atoms with van der Waals surface area (Å²) < 4.78 is 30.4. The lowest BCUT2D eigenvalue weighted by atomic mass is 10.2. The molecule has 7 nitrogen and oxygen atoms in total. The molecule has 1 saturated heterocycles. The van der Waals surface area contributed by atoms with E-state index in [1.807, 2.05) is 0 Å². The molecular formula is C11H13NO6S. The number of nitrogens with zero attached hydrogens (tertiary/aromatic N) is 1. The van der Waals surface area contributed by atoms with Crippen LogP contribution in [0.4, 0.5) is 0 Å². The van der Waals surface area contributed by atoms with Gasteiger partial charge in [-0.3, -0.25) is 4.84 Å². The second-order valence-corrected chi connectivity index (χ2v) is 5.69. The number of hydrogen-bond acceptors (Lipinski definition) is 5. The van der Waals surface area contributed by atoms with Gasteiger partial charge in [0.15, 0.2) is 0 Å². The number of ether oxygens (including phenoxy) is 1. The molecule has 0 bridgehead atoms. The summed E-state index contributed by atoms with van der Waals surface area (Å²) in [6.45, 7) is 0.612. The van der Waals surface area contributed by atoms with E-state index in [-0.39, 0.29) is 22.8 Å². The fourth-order valence-corrected chi connectivity index (χ4v) is 3.18. The van der Waals surface area contributed by atoms with Crippen LogP contribution in [-0.2, 0) is 14.9 Å². The van der Waals surface area contributed by atoms with Crippen LogP contribution in [0.25, 0.3) is 0 Å². The van der Waals surface area contributed by atoms with Gasteiger partial charge in [-0.25, -0.2) is 13.2 Å². The lowest BCUT2D eigenvalue weighted by Gasteiger charge is -2.16. The van der Waals surface area contributed by atoms with Gasteiger partial charge in [-0.05, 0) is 24.6 Å². The van der Waals surface area contributed by atoms with E-state index >= 15 is 0 Å². The van der Waals surface area contributed by atoms with Gasteiger partial charge in [0.05, 0.1) is 19.3 Å². The van der Waals surface area contributed by atoms with Gasteiger partial charge in [-0.2, -0.15) is 0 Å². The molecule has 0 radical (unpaired) electrons. The van der Waals surface area contributed by atoms with Gasteiger partial charge < -0.3 is 9.84 Å². The Kier molecular flexibility index (Phi) is 3.74. The number of hydrogen-bond donors (Lipinski definition) is 1. The highest BCUT2D eigenvalue weighted by Crippen LogP contribution is 2.29. The molecule has 19 heavy (non-hydrogen) atoms. The molecule has 0 amide bonds. The smallest absolute Gasteiger partial charge is 0.335 e. The quantitative estimate of drug-likeness (QED) is 0.877. The molecule has 0 spiro atoms. The van der Waals surface area contributed by atoms with E-state index in [0.29, 0.717) is 13.0 Å². The second-order valence-electron chi connectivity index (χ2n) is 3.89. The number of benzene rings is 1. The summed E-state index contributed by atoms with van der Waals surface area (Å²) >= 11 is 0. The minimum absolute atomic E-state index is 0.0181. The fraction of sp³-hybridized carbons (Fsp3) is 0.364. The van der Waals surface area contributed by atoms with Gasteiger partial charge in [-0.15, -0.1) is 0 Å². The van der Waals surface area contributed by atoms with Crippen LogP contribution in [0.3, 0.4) is 0 Å². The SMILES string of the molecule is COc1cc(C(=O)O)ccc1S(=O)(=O)N1CCCO1. The van der Waals surface area contributed by atoms with Gasteiger partial charge in [0.1, 0.15) is 10.6 Å². The first-order valence-corrected chi connectivity index (χ1v) is 6.98. The van der Waals surface area contributed by atoms with Crippen LogP contribution in [0.1, 0.15) is 16.8 Å². The zero-order valence-corrected chi connectivity index (χ0v) is 11.0. The average molecular weight is 287 g/mol. The normalized spacial score (nSPS) is 16.5. The van der Waals surface area contributed by atoms with Gasteiger partial charge in [0.2, 0.25) is 0 Å². The number of hydroxylamine groups is 1. The Morgan fingerprint density at radius 2 is 2.21 bits per heavy atom. The molecule has 1 N–H and O–H groups in total. The first kappa shape index (κ1) is 13.8. The highest BCUT2D eigenvalue weighted by Gasteiger charge is 2.31. The molecular weight excluding hydrogens is 274 g/mol. The molecule has 1 aliphatic heterocycles. The monoisotopic (exact) mass is 287 g/mol. The van der Waals surface area contributed by atoms with E-state index < -0.39 is 16.0 Å².